The summed E-state index contributed by atoms with van der Waals surface area (Å²) in [5, 5.41) is 7.88. The molecule has 0 aliphatic heterocycles. The highest BCUT2D eigenvalue weighted by Gasteiger charge is 2.31. The van der Waals surface area contributed by atoms with Gasteiger partial charge in [-0.05, 0) is 127 Å². The Morgan fingerprint density at radius 1 is 0.185 bits per heavy atom. The van der Waals surface area contributed by atoms with E-state index in [2.05, 4.69) is 194 Å². The molecule has 0 fully saturated rings. The quantitative estimate of drug-likeness (QED) is 0.174. The molecule has 0 unspecified atom stereocenters. The minimum absolute atomic E-state index is 1.25. The molecule has 0 saturated heterocycles. The Morgan fingerprint density at radius 2 is 0.593 bits per heavy atom. The second kappa shape index (κ2) is 11.2. The van der Waals surface area contributed by atoms with Crippen molar-refractivity contribution in [3.63, 3.8) is 0 Å². The minimum Gasteiger partial charge on any atom is -0.0622 e. The molecule has 10 aromatic rings. The fraction of sp³-hybridized carbons (Fsp3) is 0. The van der Waals surface area contributed by atoms with Crippen molar-refractivity contribution in [2.45, 2.75) is 0 Å². The molecule has 0 atom stereocenters. The molecule has 0 radical (unpaired) electrons. The van der Waals surface area contributed by atoms with Gasteiger partial charge in [-0.15, -0.1) is 0 Å². The van der Waals surface area contributed by atoms with Crippen molar-refractivity contribution < 1.29 is 0 Å². The monoisotopic (exact) mass is 680 g/mol. The molecule has 0 heteroatoms. The van der Waals surface area contributed by atoms with Crippen molar-refractivity contribution in [3.05, 3.63) is 194 Å². The normalized spacial score (nSPS) is 12.1. The molecule has 10 aromatic carbocycles. The fourth-order valence-electron chi connectivity index (χ4n) is 9.76. The zero-order valence-corrected chi connectivity index (χ0v) is 29.5. The van der Waals surface area contributed by atoms with Crippen LogP contribution in [0.5, 0.6) is 0 Å². The average molecular weight is 681 g/mol. The van der Waals surface area contributed by atoms with Gasteiger partial charge >= 0.3 is 0 Å². The summed E-state index contributed by atoms with van der Waals surface area (Å²) in [6.07, 6.45) is 0. The lowest BCUT2D eigenvalue weighted by atomic mass is 9.82. The van der Waals surface area contributed by atoms with Gasteiger partial charge < -0.3 is 0 Å². The number of hydrogen-bond donors (Lipinski definition) is 0. The van der Waals surface area contributed by atoms with Gasteiger partial charge in [-0.2, -0.15) is 0 Å². The molecule has 0 bridgehead atoms. The Hall–Kier alpha value is -7.02. The van der Waals surface area contributed by atoms with Crippen molar-refractivity contribution in [3.8, 4) is 89.0 Å². The topological polar surface area (TPSA) is 0 Å². The SMILES string of the molecule is c1ccc(-c2c3c(c(-c4ccccc4)c4ccccc24)-c2ccc(-c4ccc5c(c4)-c4cccc6c(-c7ccccc7)ccc-5c46)c4cccc-3c24)cc1. The maximum Gasteiger partial charge on any atom is -0.000741 e. The molecule has 0 amide bonds. The van der Waals surface area contributed by atoms with E-state index in [0.29, 0.717) is 0 Å². The summed E-state index contributed by atoms with van der Waals surface area (Å²) in [6.45, 7) is 0. The van der Waals surface area contributed by atoms with Gasteiger partial charge in [0.05, 0.1) is 0 Å². The van der Waals surface area contributed by atoms with E-state index in [0.717, 1.165) is 0 Å². The molecule has 0 spiro atoms. The molecule has 2 aliphatic rings. The van der Waals surface area contributed by atoms with E-state index in [1.807, 2.05) is 0 Å². The third-order valence-electron chi connectivity index (χ3n) is 12.0. The number of hydrogen-bond acceptors (Lipinski definition) is 0. The van der Waals surface area contributed by atoms with Crippen molar-refractivity contribution in [1.29, 1.82) is 0 Å². The minimum atomic E-state index is 1.25. The molecule has 0 N–H and O–H groups in total. The molecule has 12 rings (SSSR count). The Morgan fingerprint density at radius 3 is 1.20 bits per heavy atom. The van der Waals surface area contributed by atoms with Gasteiger partial charge in [0.1, 0.15) is 0 Å². The third-order valence-corrected chi connectivity index (χ3v) is 12.0. The Labute approximate surface area is 314 Å². The second-order valence-corrected chi connectivity index (χ2v) is 14.7. The molecule has 248 valence electrons. The van der Waals surface area contributed by atoms with E-state index < -0.39 is 0 Å². The smallest absolute Gasteiger partial charge is 0.000741 e. The Balaban J connectivity index is 1.10. The molecule has 0 aromatic heterocycles. The van der Waals surface area contributed by atoms with Crippen LogP contribution >= 0.6 is 0 Å². The molecule has 54 heavy (non-hydrogen) atoms. The highest BCUT2D eigenvalue weighted by Crippen LogP contribution is 2.59. The van der Waals surface area contributed by atoms with Crippen LogP contribution in [0.1, 0.15) is 0 Å². The van der Waals surface area contributed by atoms with Crippen LogP contribution in [0.2, 0.25) is 0 Å². The van der Waals surface area contributed by atoms with Crippen LogP contribution in [-0.4, -0.2) is 0 Å². The summed E-state index contributed by atoms with van der Waals surface area (Å²) in [4.78, 5) is 0. The average Bonchev–Trinajstić information content (AvgIpc) is 3.75. The second-order valence-electron chi connectivity index (χ2n) is 14.7. The maximum absolute atomic E-state index is 2.44. The van der Waals surface area contributed by atoms with Crippen LogP contribution in [0, 0.1) is 0 Å². The first-order valence-corrected chi connectivity index (χ1v) is 18.9. The summed E-state index contributed by atoms with van der Waals surface area (Å²) in [7, 11) is 0. The van der Waals surface area contributed by atoms with Gasteiger partial charge in [0.15, 0.2) is 0 Å². The lowest BCUT2D eigenvalue weighted by Crippen LogP contribution is -1.93. The molecular formula is C54H32. The molecule has 0 nitrogen and oxygen atoms in total. The maximum atomic E-state index is 2.44. The van der Waals surface area contributed by atoms with Crippen LogP contribution in [-0.2, 0) is 0 Å². The third kappa shape index (κ3) is 4.03. The van der Waals surface area contributed by atoms with Crippen LogP contribution in [0.3, 0.4) is 0 Å². The number of rotatable bonds is 4. The number of benzene rings is 10. The van der Waals surface area contributed by atoms with Crippen LogP contribution in [0.25, 0.3) is 121 Å². The summed E-state index contributed by atoms with van der Waals surface area (Å²) < 4.78 is 0. The Bertz CT molecular complexity index is 3080. The van der Waals surface area contributed by atoms with Gasteiger partial charge in [0.25, 0.3) is 0 Å². The summed E-state index contributed by atoms with van der Waals surface area (Å²) in [5.41, 5.74) is 20.7. The highest BCUT2D eigenvalue weighted by atomic mass is 14.3. The van der Waals surface area contributed by atoms with Crippen molar-refractivity contribution in [2.24, 2.45) is 0 Å². The molecule has 0 heterocycles. The predicted molar refractivity (Wildman–Crippen MR) is 230 cm³/mol. The molecular weight excluding hydrogens is 649 g/mol. The lowest BCUT2D eigenvalue weighted by Gasteiger charge is -2.20. The van der Waals surface area contributed by atoms with Gasteiger partial charge in [-0.25, -0.2) is 0 Å². The first-order chi connectivity index (χ1) is 26.8. The highest BCUT2D eigenvalue weighted by molar-refractivity contribution is 6.29. The zero-order valence-electron chi connectivity index (χ0n) is 29.5. The summed E-state index contributed by atoms with van der Waals surface area (Å²) in [5.74, 6) is 0. The first kappa shape index (κ1) is 29.5. The van der Waals surface area contributed by atoms with Crippen LogP contribution in [0.15, 0.2) is 194 Å². The van der Waals surface area contributed by atoms with Crippen molar-refractivity contribution in [1.82, 2.24) is 0 Å². The summed E-state index contributed by atoms with van der Waals surface area (Å²) in [6, 6.07) is 72.0. The van der Waals surface area contributed by atoms with Gasteiger partial charge in [-0.3, -0.25) is 0 Å². The largest absolute Gasteiger partial charge is 0.0622 e. The van der Waals surface area contributed by atoms with E-state index in [4.69, 9.17) is 0 Å². The fourth-order valence-corrected chi connectivity index (χ4v) is 9.76. The number of fused-ring (bicyclic) bond motifs is 7. The van der Waals surface area contributed by atoms with Gasteiger partial charge in [0.2, 0.25) is 0 Å². The Kier molecular flexibility index (Phi) is 6.15. The van der Waals surface area contributed by atoms with E-state index in [1.165, 1.54) is 121 Å². The lowest BCUT2D eigenvalue weighted by molar-refractivity contribution is 1.62. The van der Waals surface area contributed by atoms with Gasteiger partial charge in [-0.1, -0.05) is 188 Å². The standard InChI is InChI=1S/C54H32/c1-4-14-33(15-5-1)37-28-30-45-39-27-26-36(32-48(39)44-24-12-22-40(37)51(44)45)38-29-31-47-52-41(38)23-13-25-46(52)53-49(34-16-6-2-7-17-34)42-20-10-11-21-43(42)50(54(47)53)35-18-8-3-9-19-35/h1-32H. The molecule has 0 saturated carbocycles. The summed E-state index contributed by atoms with van der Waals surface area (Å²) >= 11 is 0. The van der Waals surface area contributed by atoms with Gasteiger partial charge in [0, 0.05) is 0 Å². The zero-order chi connectivity index (χ0) is 35.3. The van der Waals surface area contributed by atoms with Crippen LogP contribution < -0.4 is 0 Å². The van der Waals surface area contributed by atoms with E-state index >= 15 is 0 Å². The van der Waals surface area contributed by atoms with E-state index in [-0.39, 0.29) is 0 Å². The molecule has 2 aliphatic carbocycles. The first-order valence-electron chi connectivity index (χ1n) is 18.9. The van der Waals surface area contributed by atoms with Crippen LogP contribution in [0.4, 0.5) is 0 Å². The van der Waals surface area contributed by atoms with Crippen molar-refractivity contribution >= 4 is 32.3 Å². The predicted octanol–water partition coefficient (Wildman–Crippen LogP) is 15.1. The van der Waals surface area contributed by atoms with E-state index in [9.17, 15) is 0 Å². The van der Waals surface area contributed by atoms with Crippen molar-refractivity contribution in [2.75, 3.05) is 0 Å². The van der Waals surface area contributed by atoms with E-state index in [1.54, 1.807) is 0 Å².